The second-order valence-electron chi connectivity index (χ2n) is 14.6. The predicted molar refractivity (Wildman–Crippen MR) is 196 cm³/mol. The molecule has 0 saturated heterocycles. The number of carbonyl (C=O) groups excluding carboxylic acids is 2. The van der Waals surface area contributed by atoms with E-state index in [4.69, 9.17) is 9.47 Å². The number of rotatable bonds is 19. The first-order chi connectivity index (χ1) is 24.4. The van der Waals surface area contributed by atoms with E-state index in [1.807, 2.05) is 20.8 Å². The number of allylic oxidation sites excluding steroid dienone is 1. The predicted octanol–water partition coefficient (Wildman–Crippen LogP) is 4.23. The highest BCUT2D eigenvalue weighted by Crippen LogP contribution is 2.35. The Labute approximate surface area is 302 Å². The zero-order valence-electron chi connectivity index (χ0n) is 31.0. The lowest BCUT2D eigenvalue weighted by Crippen LogP contribution is -2.56. The summed E-state index contributed by atoms with van der Waals surface area (Å²) in [7, 11) is 0. The summed E-state index contributed by atoms with van der Waals surface area (Å²) in [5.41, 5.74) is -4.72. The fourth-order valence-corrected chi connectivity index (χ4v) is 6.23. The van der Waals surface area contributed by atoms with Crippen molar-refractivity contribution in [1.82, 2.24) is 13.7 Å². The maximum absolute atomic E-state index is 13.4. The van der Waals surface area contributed by atoms with Crippen molar-refractivity contribution in [1.29, 1.82) is 0 Å². The van der Waals surface area contributed by atoms with Crippen LogP contribution in [0.25, 0.3) is 10.8 Å². The lowest BCUT2D eigenvalue weighted by atomic mass is 9.82. The number of aromatic nitrogens is 3. The molecular formula is C38H53N3O11. The smallest absolute Gasteiger partial charge is 0.343 e. The summed E-state index contributed by atoms with van der Waals surface area (Å²) in [5, 5.41) is 43.2. The average molecular weight is 728 g/mol. The van der Waals surface area contributed by atoms with E-state index in [9.17, 15) is 44.4 Å². The summed E-state index contributed by atoms with van der Waals surface area (Å²) in [6.45, 7) is 13.0. The van der Waals surface area contributed by atoms with Crippen LogP contribution in [0.2, 0.25) is 0 Å². The molecule has 4 N–H and O–H groups in total. The number of nitrogens with zero attached hydrogens (tertiary/aromatic N) is 3. The molecule has 0 radical (unpaired) electrons. The van der Waals surface area contributed by atoms with Crippen LogP contribution in [0.4, 0.5) is 0 Å². The van der Waals surface area contributed by atoms with Crippen molar-refractivity contribution in [2.75, 3.05) is 6.61 Å². The molecule has 0 aliphatic rings. The van der Waals surface area contributed by atoms with Gasteiger partial charge in [0.1, 0.15) is 40.9 Å². The van der Waals surface area contributed by atoms with Gasteiger partial charge in [0.05, 0.1) is 25.7 Å². The van der Waals surface area contributed by atoms with Crippen LogP contribution in [-0.4, -0.2) is 70.5 Å². The minimum atomic E-state index is -1.63. The third kappa shape index (κ3) is 10.2. The number of aliphatic hydroxyl groups is 2. The molecule has 3 rings (SSSR count). The number of fused-ring (bicyclic) bond motifs is 1. The quantitative estimate of drug-likeness (QED) is 0.102. The molecule has 0 fully saturated rings. The van der Waals surface area contributed by atoms with Gasteiger partial charge in [-0.05, 0) is 69.2 Å². The van der Waals surface area contributed by atoms with Crippen LogP contribution in [0.1, 0.15) is 107 Å². The molecule has 2 atom stereocenters. The Morgan fingerprint density at radius 1 is 0.769 bits per heavy atom. The number of benzene rings is 2. The lowest BCUT2D eigenvalue weighted by Gasteiger charge is -2.27. The van der Waals surface area contributed by atoms with E-state index in [0.717, 1.165) is 47.3 Å². The molecular weight excluding hydrogens is 674 g/mol. The van der Waals surface area contributed by atoms with E-state index < -0.39 is 78.0 Å². The van der Waals surface area contributed by atoms with Crippen LogP contribution in [0.5, 0.6) is 11.5 Å². The molecule has 0 spiro atoms. The topological polar surface area (TPSA) is 200 Å². The van der Waals surface area contributed by atoms with Gasteiger partial charge in [0.15, 0.2) is 0 Å². The van der Waals surface area contributed by atoms with E-state index >= 15 is 0 Å². The lowest BCUT2D eigenvalue weighted by molar-refractivity contribution is -0.00538. The van der Waals surface area contributed by atoms with E-state index in [-0.39, 0.29) is 40.3 Å². The first kappa shape index (κ1) is 41.7. The Morgan fingerprint density at radius 2 is 1.25 bits per heavy atom. The highest BCUT2D eigenvalue weighted by molar-refractivity contribution is 6.14. The van der Waals surface area contributed by atoms with Crippen LogP contribution in [-0.2, 0) is 29.1 Å². The van der Waals surface area contributed by atoms with Crippen molar-refractivity contribution in [3.63, 3.8) is 0 Å². The minimum absolute atomic E-state index is 0.0580. The maximum Gasteiger partial charge on any atom is 0.343 e. The van der Waals surface area contributed by atoms with Gasteiger partial charge in [-0.3, -0.25) is 0 Å². The number of hydrogen-bond acceptors (Lipinski definition) is 11. The van der Waals surface area contributed by atoms with Crippen molar-refractivity contribution in [3.05, 3.63) is 79.5 Å². The highest BCUT2D eigenvalue weighted by Gasteiger charge is 2.29. The van der Waals surface area contributed by atoms with Gasteiger partial charge in [-0.1, -0.05) is 53.0 Å². The van der Waals surface area contributed by atoms with Crippen LogP contribution >= 0.6 is 0 Å². The fraction of sp³-hybridized carbons (Fsp3) is 0.553. The van der Waals surface area contributed by atoms with Crippen LogP contribution in [0, 0.1) is 5.41 Å². The standard InChI is InChI=1S/C38H53N3O11/c1-8-11-17-37(4,5)20-24(42)21-40-34(48)39(19-10-3)35(49)41(36(40)50)22-25(43)23-51-32(46)30-26-13-16-29(45)31(27(26)14-15-28(30)44)33(47)52-38(6,7)18-12-9-2/h10,13-16,24-25,42-45H,3,8-9,11-12,17-23H2,1-2,4-7H3. The molecule has 0 aliphatic heterocycles. The van der Waals surface area contributed by atoms with Crippen molar-refractivity contribution < 1.29 is 39.5 Å². The molecule has 14 heteroatoms. The number of aliphatic hydroxyl groups excluding tert-OH is 2. The molecule has 286 valence electrons. The van der Waals surface area contributed by atoms with Crippen LogP contribution in [0.3, 0.4) is 0 Å². The number of phenols is 2. The Bertz CT molecular complexity index is 1940. The number of aromatic hydroxyl groups is 2. The van der Waals surface area contributed by atoms with E-state index in [1.54, 1.807) is 13.8 Å². The van der Waals surface area contributed by atoms with Crippen LogP contribution < -0.4 is 17.1 Å². The minimum Gasteiger partial charge on any atom is -0.507 e. The monoisotopic (exact) mass is 727 g/mol. The zero-order chi connectivity index (χ0) is 39.0. The molecule has 0 saturated carbocycles. The molecule has 2 aromatic carbocycles. The summed E-state index contributed by atoms with van der Waals surface area (Å²) in [6.07, 6.45) is 3.87. The molecule has 3 aromatic rings. The second kappa shape index (κ2) is 17.7. The molecule has 0 aliphatic carbocycles. The Hall–Kier alpha value is -4.69. The van der Waals surface area contributed by atoms with Crippen molar-refractivity contribution >= 4 is 22.7 Å². The number of hydrogen-bond donors (Lipinski definition) is 4. The van der Waals surface area contributed by atoms with Gasteiger partial charge in [-0.25, -0.2) is 37.7 Å². The number of unbranched alkanes of at least 4 members (excludes halogenated alkanes) is 2. The SMILES string of the molecule is C=CCn1c(=O)n(CC(O)COC(=O)c2c(O)ccc3c(C(=O)OC(C)(C)CCCC)c(O)ccc23)c(=O)n(CC(O)CC(C)(C)CCCC)c1=O. The largest absolute Gasteiger partial charge is 0.507 e. The van der Waals surface area contributed by atoms with Gasteiger partial charge in [0.2, 0.25) is 0 Å². The third-order valence-corrected chi connectivity index (χ3v) is 8.95. The second-order valence-corrected chi connectivity index (χ2v) is 14.6. The summed E-state index contributed by atoms with van der Waals surface area (Å²) in [6, 6.07) is 5.00. The normalized spacial score (nSPS) is 13.2. The van der Waals surface area contributed by atoms with Gasteiger partial charge < -0.3 is 29.9 Å². The van der Waals surface area contributed by atoms with Crippen LogP contribution in [0.15, 0.2) is 51.3 Å². The summed E-state index contributed by atoms with van der Waals surface area (Å²) >= 11 is 0. The average Bonchev–Trinajstić information content (AvgIpc) is 3.07. The van der Waals surface area contributed by atoms with E-state index in [2.05, 4.69) is 13.5 Å². The summed E-state index contributed by atoms with van der Waals surface area (Å²) in [4.78, 5) is 66.4. The first-order valence-electron chi connectivity index (χ1n) is 17.7. The van der Waals surface area contributed by atoms with Gasteiger partial charge in [-0.2, -0.15) is 0 Å². The van der Waals surface area contributed by atoms with Gasteiger partial charge in [0.25, 0.3) is 0 Å². The third-order valence-electron chi connectivity index (χ3n) is 8.95. The number of phenolic OH excluding ortho intramolecular Hbond substituents is 2. The summed E-state index contributed by atoms with van der Waals surface area (Å²) < 4.78 is 13.1. The van der Waals surface area contributed by atoms with E-state index in [1.165, 1.54) is 24.3 Å². The van der Waals surface area contributed by atoms with Crippen molar-refractivity contribution in [2.45, 2.75) is 124 Å². The van der Waals surface area contributed by atoms with Crippen molar-refractivity contribution in [2.24, 2.45) is 5.41 Å². The maximum atomic E-state index is 13.4. The van der Waals surface area contributed by atoms with Gasteiger partial charge >= 0.3 is 29.0 Å². The molecule has 52 heavy (non-hydrogen) atoms. The number of ether oxygens (including phenoxy) is 2. The molecule has 0 bridgehead atoms. The number of esters is 2. The number of carbonyl (C=O) groups is 2. The van der Waals surface area contributed by atoms with Gasteiger partial charge in [-0.15, -0.1) is 6.58 Å². The Kier molecular flexibility index (Phi) is 14.2. The fourth-order valence-electron chi connectivity index (χ4n) is 6.23. The van der Waals surface area contributed by atoms with E-state index in [0.29, 0.717) is 11.0 Å². The molecule has 1 heterocycles. The molecule has 14 nitrogen and oxygen atoms in total. The molecule has 1 aromatic heterocycles. The first-order valence-corrected chi connectivity index (χ1v) is 17.7. The molecule has 2 unspecified atom stereocenters. The highest BCUT2D eigenvalue weighted by atomic mass is 16.6. The van der Waals surface area contributed by atoms with Crippen molar-refractivity contribution in [3.8, 4) is 11.5 Å². The Morgan fingerprint density at radius 3 is 1.77 bits per heavy atom. The van der Waals surface area contributed by atoms with Gasteiger partial charge in [0, 0.05) is 10.8 Å². The Balaban J connectivity index is 1.88. The summed E-state index contributed by atoms with van der Waals surface area (Å²) in [5.74, 6) is -2.84. The molecule has 0 amide bonds. The zero-order valence-corrected chi connectivity index (χ0v) is 31.0.